The summed E-state index contributed by atoms with van der Waals surface area (Å²) in [7, 11) is 0. The van der Waals surface area contributed by atoms with Gasteiger partial charge in [0.25, 0.3) is 0 Å². The molecule has 2 aromatic rings. The fourth-order valence-electron chi connectivity index (χ4n) is 0.803. The number of rotatable bonds is 0. The van der Waals surface area contributed by atoms with Gasteiger partial charge in [0.05, 0.1) is 0 Å². The maximum absolute atomic E-state index is 5.01. The average molecular weight is 375 g/mol. The van der Waals surface area contributed by atoms with Gasteiger partial charge in [-0.25, -0.2) is 4.98 Å². The van der Waals surface area contributed by atoms with Crippen LogP contribution in [0.15, 0.2) is 35.1 Å². The Morgan fingerprint density at radius 2 is 1.82 bits per heavy atom. The molecule has 0 aliphatic rings. The maximum Gasteiger partial charge on any atom is 0.181 e. The summed E-state index contributed by atoms with van der Waals surface area (Å²) < 4.78 is 5.01. The second-order valence-corrected chi connectivity index (χ2v) is 1.82. The summed E-state index contributed by atoms with van der Waals surface area (Å²) in [5.74, 6) is 0. The van der Waals surface area contributed by atoms with E-state index in [1.165, 1.54) is 6.39 Å². The van der Waals surface area contributed by atoms with Gasteiger partial charge >= 0.3 is 0 Å². The van der Waals surface area contributed by atoms with Crippen LogP contribution in [0.5, 0.6) is 0 Å². The first-order chi connectivity index (χ1) is 4.47. The highest BCUT2D eigenvalue weighted by molar-refractivity contribution is 14.0. The standard InChI is InChI=1S/C7H5NO.2HI/c1-2-4-7-6(3-1)8-5-9-7;;/h1-5H;2*1H. The third kappa shape index (κ3) is 2.29. The van der Waals surface area contributed by atoms with Crippen molar-refractivity contribution in [2.45, 2.75) is 0 Å². The second kappa shape index (κ2) is 4.91. The van der Waals surface area contributed by atoms with E-state index in [1.807, 2.05) is 24.3 Å². The summed E-state index contributed by atoms with van der Waals surface area (Å²) >= 11 is 0. The zero-order valence-corrected chi connectivity index (χ0v) is 10.2. The fourth-order valence-corrected chi connectivity index (χ4v) is 0.803. The molecular formula is C7H7I2NO. The molecular weight excluding hydrogens is 368 g/mol. The van der Waals surface area contributed by atoms with Crippen molar-refractivity contribution in [2.24, 2.45) is 0 Å². The molecule has 0 spiro atoms. The molecule has 0 N–H and O–H groups in total. The number of para-hydroxylation sites is 2. The molecule has 0 atom stereocenters. The Morgan fingerprint density at radius 1 is 1.09 bits per heavy atom. The largest absolute Gasteiger partial charge is 0.443 e. The van der Waals surface area contributed by atoms with Crippen molar-refractivity contribution >= 4 is 59.1 Å². The summed E-state index contributed by atoms with van der Waals surface area (Å²) in [6.45, 7) is 0. The van der Waals surface area contributed by atoms with Crippen molar-refractivity contribution in [1.82, 2.24) is 4.98 Å². The number of halogens is 2. The number of hydrogen-bond donors (Lipinski definition) is 0. The van der Waals surface area contributed by atoms with Crippen molar-refractivity contribution in [3.63, 3.8) is 0 Å². The summed E-state index contributed by atoms with van der Waals surface area (Å²) in [5, 5.41) is 0. The molecule has 1 heterocycles. The van der Waals surface area contributed by atoms with Gasteiger partial charge in [0, 0.05) is 0 Å². The molecule has 0 radical (unpaired) electrons. The zero-order valence-electron chi connectivity index (χ0n) is 5.56. The minimum absolute atomic E-state index is 0. The van der Waals surface area contributed by atoms with Crippen LogP contribution in [0.2, 0.25) is 0 Å². The lowest BCUT2D eigenvalue weighted by molar-refractivity contribution is 0.602. The molecule has 0 saturated carbocycles. The van der Waals surface area contributed by atoms with E-state index in [9.17, 15) is 0 Å². The van der Waals surface area contributed by atoms with E-state index < -0.39 is 0 Å². The Hall–Kier alpha value is 0.150. The quantitative estimate of drug-likeness (QED) is 0.662. The van der Waals surface area contributed by atoms with Gasteiger partial charge in [0.2, 0.25) is 0 Å². The molecule has 0 aliphatic carbocycles. The van der Waals surface area contributed by atoms with Gasteiger partial charge in [-0.15, -0.1) is 48.0 Å². The van der Waals surface area contributed by atoms with E-state index in [1.54, 1.807) is 0 Å². The zero-order chi connectivity index (χ0) is 6.10. The third-order valence-corrected chi connectivity index (χ3v) is 1.24. The van der Waals surface area contributed by atoms with E-state index in [0.717, 1.165) is 11.1 Å². The van der Waals surface area contributed by atoms with Gasteiger partial charge in [-0.3, -0.25) is 0 Å². The normalized spacial score (nSPS) is 8.36. The smallest absolute Gasteiger partial charge is 0.181 e. The first-order valence-electron chi connectivity index (χ1n) is 2.75. The average Bonchev–Trinajstić information content (AvgIpc) is 2.33. The van der Waals surface area contributed by atoms with Gasteiger partial charge in [-0.1, -0.05) is 12.1 Å². The first-order valence-corrected chi connectivity index (χ1v) is 2.75. The molecule has 2 nitrogen and oxygen atoms in total. The number of nitrogens with zero attached hydrogens (tertiary/aromatic N) is 1. The number of benzene rings is 1. The number of oxazole rings is 1. The molecule has 0 aliphatic heterocycles. The number of hydrogen-bond acceptors (Lipinski definition) is 2. The summed E-state index contributed by atoms with van der Waals surface area (Å²) in [4.78, 5) is 3.95. The lowest BCUT2D eigenvalue weighted by atomic mass is 10.3. The van der Waals surface area contributed by atoms with Crippen molar-refractivity contribution < 1.29 is 4.42 Å². The van der Waals surface area contributed by atoms with E-state index >= 15 is 0 Å². The SMILES string of the molecule is I.I.c1ccc2ocnc2c1. The fraction of sp³-hybridized carbons (Fsp3) is 0. The van der Waals surface area contributed by atoms with Crippen LogP contribution in [-0.2, 0) is 0 Å². The van der Waals surface area contributed by atoms with Crippen LogP contribution in [0, 0.1) is 0 Å². The molecule has 0 bridgehead atoms. The lowest BCUT2D eigenvalue weighted by Gasteiger charge is -1.79. The lowest BCUT2D eigenvalue weighted by Crippen LogP contribution is -1.61. The van der Waals surface area contributed by atoms with Gasteiger partial charge < -0.3 is 4.42 Å². The molecule has 1 aromatic heterocycles. The Kier molecular flexibility index (Phi) is 4.98. The predicted molar refractivity (Wildman–Crippen MR) is 64.8 cm³/mol. The van der Waals surface area contributed by atoms with Crippen LogP contribution in [0.25, 0.3) is 11.1 Å². The van der Waals surface area contributed by atoms with Crippen LogP contribution in [0.1, 0.15) is 0 Å². The third-order valence-electron chi connectivity index (χ3n) is 1.24. The summed E-state index contributed by atoms with van der Waals surface area (Å²) in [6.07, 6.45) is 1.45. The van der Waals surface area contributed by atoms with Crippen LogP contribution in [0.4, 0.5) is 0 Å². The Labute approximate surface area is 98.4 Å². The van der Waals surface area contributed by atoms with E-state index in [4.69, 9.17) is 4.42 Å². The molecule has 0 saturated heterocycles. The minimum atomic E-state index is 0. The molecule has 11 heavy (non-hydrogen) atoms. The van der Waals surface area contributed by atoms with Crippen LogP contribution >= 0.6 is 48.0 Å². The van der Waals surface area contributed by atoms with Crippen molar-refractivity contribution in [2.75, 3.05) is 0 Å². The predicted octanol–water partition coefficient (Wildman–Crippen LogP) is 3.06. The molecule has 4 heteroatoms. The summed E-state index contributed by atoms with van der Waals surface area (Å²) in [5.41, 5.74) is 1.76. The van der Waals surface area contributed by atoms with E-state index in [-0.39, 0.29) is 48.0 Å². The van der Waals surface area contributed by atoms with E-state index in [2.05, 4.69) is 4.98 Å². The van der Waals surface area contributed by atoms with Crippen LogP contribution in [0.3, 0.4) is 0 Å². The van der Waals surface area contributed by atoms with E-state index in [0.29, 0.717) is 0 Å². The Morgan fingerprint density at radius 3 is 2.55 bits per heavy atom. The monoisotopic (exact) mass is 375 g/mol. The topological polar surface area (TPSA) is 26.0 Å². The van der Waals surface area contributed by atoms with Gasteiger partial charge in [-0.2, -0.15) is 0 Å². The van der Waals surface area contributed by atoms with Crippen molar-refractivity contribution in [3.05, 3.63) is 30.7 Å². The highest BCUT2D eigenvalue weighted by Gasteiger charge is 1.91. The first kappa shape index (κ1) is 11.2. The molecule has 1 aromatic carbocycles. The minimum Gasteiger partial charge on any atom is -0.443 e. The van der Waals surface area contributed by atoms with Gasteiger partial charge in [0.15, 0.2) is 12.0 Å². The molecule has 60 valence electrons. The van der Waals surface area contributed by atoms with Gasteiger partial charge in [0.1, 0.15) is 5.52 Å². The molecule has 0 unspecified atom stereocenters. The summed E-state index contributed by atoms with van der Waals surface area (Å²) in [6, 6.07) is 7.67. The maximum atomic E-state index is 5.01. The number of fused-ring (bicyclic) bond motifs is 1. The Balaban J connectivity index is 0.000000500. The van der Waals surface area contributed by atoms with Crippen molar-refractivity contribution in [1.29, 1.82) is 0 Å². The highest BCUT2D eigenvalue weighted by atomic mass is 127. The van der Waals surface area contributed by atoms with Crippen LogP contribution < -0.4 is 0 Å². The second-order valence-electron chi connectivity index (χ2n) is 1.82. The van der Waals surface area contributed by atoms with Crippen LogP contribution in [-0.4, -0.2) is 4.98 Å². The Bertz CT molecular complexity index is 290. The number of aromatic nitrogens is 1. The van der Waals surface area contributed by atoms with Gasteiger partial charge in [-0.05, 0) is 12.1 Å². The highest BCUT2D eigenvalue weighted by Crippen LogP contribution is 2.09. The molecule has 2 rings (SSSR count). The molecule has 0 amide bonds. The van der Waals surface area contributed by atoms with Crippen molar-refractivity contribution in [3.8, 4) is 0 Å². The molecule has 0 fully saturated rings.